The molecular formula is C30H28N4O2. The minimum Gasteiger partial charge on any atom is -0.384 e. The first-order valence-corrected chi connectivity index (χ1v) is 11.7. The molecule has 180 valence electrons. The van der Waals surface area contributed by atoms with Crippen LogP contribution < -0.4 is 16.4 Å². The molecule has 0 bridgehead atoms. The standard InChI is InChI=1S/C30H28N4O2/c31-28(32)24-17-10-18-25(19-24)29(35)34-27(23-15-8-3-9-16-23)30(36)33-20-26(21-11-4-1-5-12-21)22-13-6-2-7-14-22/h1-19,26-27H,20H2,(H3,31,32)(H,33,36)(H,34,35)/t27-/m1/s1. The second-order valence-corrected chi connectivity index (χ2v) is 8.43. The van der Waals surface area contributed by atoms with Crippen LogP contribution in [0.2, 0.25) is 0 Å². The van der Waals surface area contributed by atoms with Crippen LogP contribution in [0, 0.1) is 5.41 Å². The molecule has 0 spiro atoms. The van der Waals surface area contributed by atoms with Crippen molar-refractivity contribution in [2.24, 2.45) is 5.73 Å². The molecule has 0 heterocycles. The lowest BCUT2D eigenvalue weighted by molar-refractivity contribution is -0.123. The number of benzene rings is 4. The summed E-state index contributed by atoms with van der Waals surface area (Å²) >= 11 is 0. The number of carbonyl (C=O) groups is 2. The summed E-state index contributed by atoms with van der Waals surface area (Å²) in [5, 5.41) is 13.5. The van der Waals surface area contributed by atoms with Gasteiger partial charge in [-0.15, -0.1) is 0 Å². The van der Waals surface area contributed by atoms with Crippen molar-refractivity contribution in [3.05, 3.63) is 143 Å². The maximum absolute atomic E-state index is 13.5. The van der Waals surface area contributed by atoms with Gasteiger partial charge in [-0.3, -0.25) is 15.0 Å². The van der Waals surface area contributed by atoms with Gasteiger partial charge < -0.3 is 16.4 Å². The Hall–Kier alpha value is -4.71. The molecule has 36 heavy (non-hydrogen) atoms. The van der Waals surface area contributed by atoms with Gasteiger partial charge in [0.25, 0.3) is 5.91 Å². The quantitative estimate of drug-likeness (QED) is 0.213. The second kappa shape index (κ2) is 11.6. The largest absolute Gasteiger partial charge is 0.384 e. The summed E-state index contributed by atoms with van der Waals surface area (Å²) in [6.07, 6.45) is 0. The minimum absolute atomic E-state index is 0.0456. The Kier molecular flexibility index (Phi) is 7.88. The Morgan fingerprint density at radius 2 is 1.19 bits per heavy atom. The molecule has 0 aliphatic rings. The van der Waals surface area contributed by atoms with E-state index in [-0.39, 0.29) is 17.7 Å². The van der Waals surface area contributed by atoms with Crippen LogP contribution in [-0.2, 0) is 4.79 Å². The van der Waals surface area contributed by atoms with Gasteiger partial charge in [0.15, 0.2) is 0 Å². The first-order chi connectivity index (χ1) is 17.5. The van der Waals surface area contributed by atoms with Gasteiger partial charge >= 0.3 is 0 Å². The van der Waals surface area contributed by atoms with Crippen LogP contribution in [0.5, 0.6) is 0 Å². The third-order valence-corrected chi connectivity index (χ3v) is 5.99. The fraction of sp³-hybridized carbons (Fsp3) is 0.100. The van der Waals surface area contributed by atoms with Gasteiger partial charge in [-0.2, -0.15) is 0 Å². The molecule has 5 N–H and O–H groups in total. The van der Waals surface area contributed by atoms with Crippen LogP contribution in [0.3, 0.4) is 0 Å². The van der Waals surface area contributed by atoms with Crippen LogP contribution in [-0.4, -0.2) is 24.2 Å². The van der Waals surface area contributed by atoms with E-state index in [0.717, 1.165) is 11.1 Å². The number of hydrogen-bond acceptors (Lipinski definition) is 3. The van der Waals surface area contributed by atoms with E-state index in [1.54, 1.807) is 24.3 Å². The van der Waals surface area contributed by atoms with Crippen molar-refractivity contribution in [2.45, 2.75) is 12.0 Å². The molecule has 0 unspecified atom stereocenters. The van der Waals surface area contributed by atoms with Gasteiger partial charge in [0.1, 0.15) is 11.9 Å². The van der Waals surface area contributed by atoms with Gasteiger partial charge in [-0.1, -0.05) is 103 Å². The van der Waals surface area contributed by atoms with E-state index in [1.165, 1.54) is 0 Å². The fourth-order valence-electron chi connectivity index (χ4n) is 4.09. The molecule has 0 saturated heterocycles. The number of nitrogens with one attached hydrogen (secondary N) is 3. The number of carbonyl (C=O) groups excluding carboxylic acids is 2. The number of amides is 2. The summed E-state index contributed by atoms with van der Waals surface area (Å²) in [6, 6.07) is 34.8. The van der Waals surface area contributed by atoms with Crippen molar-refractivity contribution in [1.82, 2.24) is 10.6 Å². The van der Waals surface area contributed by atoms with Crippen molar-refractivity contribution in [3.8, 4) is 0 Å². The van der Waals surface area contributed by atoms with E-state index in [0.29, 0.717) is 23.2 Å². The van der Waals surface area contributed by atoms with Gasteiger partial charge in [0, 0.05) is 23.6 Å². The zero-order valence-electron chi connectivity index (χ0n) is 19.7. The van der Waals surface area contributed by atoms with E-state index in [9.17, 15) is 9.59 Å². The zero-order valence-corrected chi connectivity index (χ0v) is 19.7. The Labute approximate surface area is 210 Å². The highest BCUT2D eigenvalue weighted by molar-refractivity contribution is 6.01. The fourth-order valence-corrected chi connectivity index (χ4v) is 4.09. The second-order valence-electron chi connectivity index (χ2n) is 8.43. The molecule has 6 heteroatoms. The summed E-state index contributed by atoms with van der Waals surface area (Å²) in [4.78, 5) is 26.6. The van der Waals surface area contributed by atoms with Crippen molar-refractivity contribution < 1.29 is 9.59 Å². The summed E-state index contributed by atoms with van der Waals surface area (Å²) in [5.41, 5.74) is 9.18. The molecule has 0 fully saturated rings. The van der Waals surface area contributed by atoms with Gasteiger partial charge in [0.05, 0.1) is 0 Å². The predicted molar refractivity (Wildman–Crippen MR) is 142 cm³/mol. The van der Waals surface area contributed by atoms with E-state index in [2.05, 4.69) is 10.6 Å². The summed E-state index contributed by atoms with van der Waals surface area (Å²) in [6.45, 7) is 0.367. The minimum atomic E-state index is -0.896. The average Bonchev–Trinajstić information content (AvgIpc) is 2.93. The van der Waals surface area contributed by atoms with E-state index in [1.807, 2.05) is 91.0 Å². The number of hydrogen-bond donors (Lipinski definition) is 4. The smallest absolute Gasteiger partial charge is 0.252 e. The first kappa shape index (κ1) is 24.4. The van der Waals surface area contributed by atoms with Gasteiger partial charge in [0.2, 0.25) is 5.91 Å². The number of nitrogen functional groups attached to an aromatic ring is 1. The average molecular weight is 477 g/mol. The summed E-state index contributed by atoms with van der Waals surface area (Å²) in [7, 11) is 0. The van der Waals surface area contributed by atoms with E-state index in [4.69, 9.17) is 11.1 Å². The molecule has 4 aromatic rings. The van der Waals surface area contributed by atoms with Gasteiger partial charge in [-0.05, 0) is 28.8 Å². The van der Waals surface area contributed by atoms with Gasteiger partial charge in [-0.25, -0.2) is 0 Å². The molecule has 4 aromatic carbocycles. The topological polar surface area (TPSA) is 108 Å². The van der Waals surface area contributed by atoms with Crippen LogP contribution in [0.1, 0.15) is 44.6 Å². The normalized spacial score (nSPS) is 11.5. The van der Waals surface area contributed by atoms with Crippen molar-refractivity contribution in [3.63, 3.8) is 0 Å². The highest BCUT2D eigenvalue weighted by Crippen LogP contribution is 2.24. The number of rotatable bonds is 9. The lowest BCUT2D eigenvalue weighted by Gasteiger charge is -2.23. The lowest BCUT2D eigenvalue weighted by Crippen LogP contribution is -2.41. The SMILES string of the molecule is N=C(N)c1cccc(C(=O)N[C@@H](C(=O)NCC(c2ccccc2)c2ccccc2)c2ccccc2)c1. The Morgan fingerprint density at radius 3 is 1.72 bits per heavy atom. The maximum atomic E-state index is 13.5. The first-order valence-electron chi connectivity index (χ1n) is 11.7. The number of amidine groups is 1. The van der Waals surface area contributed by atoms with E-state index < -0.39 is 11.9 Å². The summed E-state index contributed by atoms with van der Waals surface area (Å²) in [5.74, 6) is -0.913. The molecule has 0 radical (unpaired) electrons. The number of nitrogens with two attached hydrogens (primary N) is 1. The predicted octanol–water partition coefficient (Wildman–Crippen LogP) is 4.39. The molecule has 4 rings (SSSR count). The maximum Gasteiger partial charge on any atom is 0.252 e. The Balaban J connectivity index is 1.56. The van der Waals surface area contributed by atoms with E-state index >= 15 is 0 Å². The van der Waals surface area contributed by atoms with Crippen molar-refractivity contribution >= 4 is 17.6 Å². The van der Waals surface area contributed by atoms with Crippen molar-refractivity contribution in [1.29, 1.82) is 5.41 Å². The Morgan fingerprint density at radius 1 is 0.694 bits per heavy atom. The lowest BCUT2D eigenvalue weighted by atomic mass is 9.91. The molecule has 6 nitrogen and oxygen atoms in total. The highest BCUT2D eigenvalue weighted by Gasteiger charge is 2.25. The molecule has 1 atom stereocenters. The van der Waals surface area contributed by atoms with Crippen LogP contribution in [0.15, 0.2) is 115 Å². The summed E-state index contributed by atoms with van der Waals surface area (Å²) < 4.78 is 0. The highest BCUT2D eigenvalue weighted by atomic mass is 16.2. The van der Waals surface area contributed by atoms with Crippen molar-refractivity contribution in [2.75, 3.05) is 6.54 Å². The third kappa shape index (κ3) is 6.04. The monoisotopic (exact) mass is 476 g/mol. The zero-order chi connectivity index (χ0) is 25.3. The Bertz CT molecular complexity index is 1290. The molecule has 0 saturated carbocycles. The molecule has 0 aromatic heterocycles. The molecule has 0 aliphatic heterocycles. The molecule has 0 aliphatic carbocycles. The molecular weight excluding hydrogens is 448 g/mol. The molecule has 2 amide bonds. The third-order valence-electron chi connectivity index (χ3n) is 5.99. The van der Waals surface area contributed by atoms with Crippen LogP contribution in [0.4, 0.5) is 0 Å². The van der Waals surface area contributed by atoms with Crippen LogP contribution >= 0.6 is 0 Å². The van der Waals surface area contributed by atoms with Crippen LogP contribution in [0.25, 0.3) is 0 Å².